The van der Waals surface area contributed by atoms with E-state index in [-0.39, 0.29) is 12.5 Å². The molecular formula is C17H26N4O. The maximum absolute atomic E-state index is 12.4. The highest BCUT2D eigenvalue weighted by Crippen LogP contribution is 2.61. The van der Waals surface area contributed by atoms with Gasteiger partial charge in [0.2, 0.25) is 5.91 Å². The number of nitrogens with zero attached hydrogens (tertiary/aromatic N) is 3. The average molecular weight is 302 g/mol. The summed E-state index contributed by atoms with van der Waals surface area (Å²) >= 11 is 0. The first-order valence-electron chi connectivity index (χ1n) is 8.80. The van der Waals surface area contributed by atoms with Gasteiger partial charge in [-0.25, -0.2) is 0 Å². The zero-order valence-corrected chi connectivity index (χ0v) is 13.4. The predicted octanol–water partition coefficient (Wildman–Crippen LogP) is 2.39. The number of carbonyl (C=O) groups excluding carboxylic acids is 1. The van der Waals surface area contributed by atoms with E-state index in [1.807, 2.05) is 0 Å². The zero-order valence-electron chi connectivity index (χ0n) is 13.4. The molecule has 1 amide bonds. The zero-order chi connectivity index (χ0) is 15.2. The van der Waals surface area contributed by atoms with Gasteiger partial charge in [0.1, 0.15) is 6.54 Å². The summed E-state index contributed by atoms with van der Waals surface area (Å²) in [5, 5.41) is 11.4. The lowest BCUT2D eigenvalue weighted by molar-refractivity contribution is -0.127. The Balaban J connectivity index is 1.46. The Morgan fingerprint density at radius 2 is 1.73 bits per heavy atom. The van der Waals surface area contributed by atoms with Gasteiger partial charge >= 0.3 is 0 Å². The summed E-state index contributed by atoms with van der Waals surface area (Å²) in [5.41, 5.74) is 0.372. The summed E-state index contributed by atoms with van der Waals surface area (Å²) in [4.78, 5) is 13.8. The third-order valence-corrected chi connectivity index (χ3v) is 6.32. The minimum atomic E-state index is 0.0544. The van der Waals surface area contributed by atoms with Gasteiger partial charge in [-0.15, -0.1) is 0 Å². The molecule has 0 spiro atoms. The fourth-order valence-electron chi connectivity index (χ4n) is 5.99. The van der Waals surface area contributed by atoms with E-state index in [4.69, 9.17) is 0 Å². The van der Waals surface area contributed by atoms with Crippen LogP contribution in [0.15, 0.2) is 12.4 Å². The fraction of sp³-hybridized carbons (Fsp3) is 0.824. The van der Waals surface area contributed by atoms with Crippen LogP contribution in [-0.4, -0.2) is 26.9 Å². The van der Waals surface area contributed by atoms with Crippen LogP contribution < -0.4 is 5.32 Å². The van der Waals surface area contributed by atoms with Crippen molar-refractivity contribution in [1.29, 1.82) is 0 Å². The summed E-state index contributed by atoms with van der Waals surface area (Å²) in [6, 6.07) is 0.323. The lowest BCUT2D eigenvalue weighted by Crippen LogP contribution is -2.57. The smallest absolute Gasteiger partial charge is 0.243 e. The van der Waals surface area contributed by atoms with Crippen molar-refractivity contribution in [3.05, 3.63) is 12.4 Å². The van der Waals surface area contributed by atoms with Gasteiger partial charge in [-0.2, -0.15) is 15.0 Å². The standard InChI is InChI=1S/C17H26N4O/c1-2-15(20-16(22)11-21-18-3-4-19-21)17-8-12-5-13(9-17)7-14(6-12)10-17/h3-4,12-15H,2,5-11H2,1H3,(H,20,22)/t12?,13?,14?,15-,17?/m1/s1. The quantitative estimate of drug-likeness (QED) is 0.908. The van der Waals surface area contributed by atoms with Crippen LogP contribution >= 0.6 is 0 Å². The van der Waals surface area contributed by atoms with Crippen LogP contribution in [0.25, 0.3) is 0 Å². The summed E-state index contributed by atoms with van der Waals surface area (Å²) < 4.78 is 0. The van der Waals surface area contributed by atoms with Gasteiger partial charge in [0, 0.05) is 6.04 Å². The Morgan fingerprint density at radius 1 is 1.18 bits per heavy atom. The third kappa shape index (κ3) is 2.44. The molecule has 0 aromatic carbocycles. The molecule has 120 valence electrons. The van der Waals surface area contributed by atoms with Crippen LogP contribution in [0, 0.1) is 23.2 Å². The van der Waals surface area contributed by atoms with E-state index in [9.17, 15) is 4.79 Å². The average Bonchev–Trinajstić information content (AvgIpc) is 2.96. The summed E-state index contributed by atoms with van der Waals surface area (Å²) in [5.74, 6) is 2.82. The van der Waals surface area contributed by atoms with E-state index < -0.39 is 0 Å². The number of hydrogen-bond donors (Lipinski definition) is 1. The molecule has 1 heterocycles. The van der Waals surface area contributed by atoms with Crippen molar-refractivity contribution in [2.75, 3.05) is 0 Å². The Morgan fingerprint density at radius 3 is 2.23 bits per heavy atom. The van der Waals surface area contributed by atoms with Gasteiger partial charge in [0.25, 0.3) is 0 Å². The van der Waals surface area contributed by atoms with Gasteiger partial charge in [-0.05, 0) is 68.1 Å². The molecule has 4 fully saturated rings. The molecule has 0 unspecified atom stereocenters. The lowest BCUT2D eigenvalue weighted by atomic mass is 9.47. The first kappa shape index (κ1) is 14.2. The third-order valence-electron chi connectivity index (χ3n) is 6.32. The Hall–Kier alpha value is -1.39. The van der Waals surface area contributed by atoms with Crippen molar-refractivity contribution in [1.82, 2.24) is 20.3 Å². The van der Waals surface area contributed by atoms with E-state index in [1.165, 1.54) is 43.3 Å². The van der Waals surface area contributed by atoms with Crippen LogP contribution in [0.3, 0.4) is 0 Å². The van der Waals surface area contributed by atoms with E-state index >= 15 is 0 Å². The summed E-state index contributed by atoms with van der Waals surface area (Å²) in [7, 11) is 0. The molecule has 0 radical (unpaired) electrons. The van der Waals surface area contributed by atoms with Crippen molar-refractivity contribution >= 4 is 5.91 Å². The van der Waals surface area contributed by atoms with Gasteiger partial charge in [-0.1, -0.05) is 6.92 Å². The molecule has 1 aromatic rings. The summed E-state index contributed by atoms with van der Waals surface area (Å²) in [6.45, 7) is 2.45. The number of nitrogens with one attached hydrogen (secondary N) is 1. The van der Waals surface area contributed by atoms with Crippen LogP contribution in [0.2, 0.25) is 0 Å². The fourth-order valence-corrected chi connectivity index (χ4v) is 5.99. The molecule has 5 rings (SSSR count). The number of hydrogen-bond acceptors (Lipinski definition) is 3. The Bertz CT molecular complexity index is 504. The molecule has 22 heavy (non-hydrogen) atoms. The maximum atomic E-state index is 12.4. The Kier molecular flexibility index (Phi) is 3.46. The highest BCUT2D eigenvalue weighted by molar-refractivity contribution is 5.75. The first-order valence-corrected chi connectivity index (χ1v) is 8.80. The van der Waals surface area contributed by atoms with E-state index in [1.54, 1.807) is 12.4 Å². The minimum Gasteiger partial charge on any atom is -0.351 e. The van der Waals surface area contributed by atoms with Crippen LogP contribution in [-0.2, 0) is 11.3 Å². The maximum Gasteiger partial charge on any atom is 0.243 e. The van der Waals surface area contributed by atoms with Crippen molar-refractivity contribution in [3.63, 3.8) is 0 Å². The molecule has 4 saturated carbocycles. The lowest BCUT2D eigenvalue weighted by Gasteiger charge is -2.59. The number of rotatable bonds is 5. The van der Waals surface area contributed by atoms with Gasteiger partial charge in [-0.3, -0.25) is 4.79 Å². The molecule has 1 N–H and O–H groups in total. The van der Waals surface area contributed by atoms with Gasteiger partial charge in [0.15, 0.2) is 0 Å². The minimum absolute atomic E-state index is 0.0544. The molecule has 1 atom stereocenters. The largest absolute Gasteiger partial charge is 0.351 e. The molecule has 4 aliphatic rings. The highest BCUT2D eigenvalue weighted by Gasteiger charge is 2.53. The first-order chi connectivity index (χ1) is 10.7. The molecule has 4 bridgehead atoms. The van der Waals surface area contributed by atoms with Gasteiger partial charge in [0.05, 0.1) is 12.4 Å². The van der Waals surface area contributed by atoms with E-state index in [0.717, 1.165) is 24.2 Å². The monoisotopic (exact) mass is 302 g/mol. The van der Waals surface area contributed by atoms with Crippen LogP contribution in [0.5, 0.6) is 0 Å². The van der Waals surface area contributed by atoms with Crippen molar-refractivity contribution in [2.45, 2.75) is 64.5 Å². The number of carbonyl (C=O) groups is 1. The molecule has 0 aliphatic heterocycles. The second-order valence-electron chi connectivity index (χ2n) is 7.87. The molecular weight excluding hydrogens is 276 g/mol. The molecule has 4 aliphatic carbocycles. The molecule has 5 heteroatoms. The highest BCUT2D eigenvalue weighted by atomic mass is 16.2. The van der Waals surface area contributed by atoms with Gasteiger partial charge < -0.3 is 5.32 Å². The second kappa shape index (κ2) is 5.36. The number of aromatic nitrogens is 3. The van der Waals surface area contributed by atoms with E-state index in [2.05, 4.69) is 22.4 Å². The Labute approximate surface area is 131 Å². The van der Waals surface area contributed by atoms with E-state index in [0.29, 0.717) is 11.5 Å². The normalized spacial score (nSPS) is 37.2. The second-order valence-corrected chi connectivity index (χ2v) is 7.87. The molecule has 1 aromatic heterocycles. The predicted molar refractivity (Wildman–Crippen MR) is 82.8 cm³/mol. The van der Waals surface area contributed by atoms with Crippen molar-refractivity contribution in [3.8, 4) is 0 Å². The SMILES string of the molecule is CC[C@@H](NC(=O)Cn1nccn1)C12CC3CC(CC(C3)C1)C2. The van der Waals surface area contributed by atoms with Crippen molar-refractivity contribution in [2.24, 2.45) is 23.2 Å². The van der Waals surface area contributed by atoms with Crippen LogP contribution in [0.4, 0.5) is 0 Å². The van der Waals surface area contributed by atoms with Crippen molar-refractivity contribution < 1.29 is 4.79 Å². The topological polar surface area (TPSA) is 59.8 Å². The number of amides is 1. The molecule has 5 nitrogen and oxygen atoms in total. The summed E-state index contributed by atoms with van der Waals surface area (Å²) in [6.07, 6.45) is 12.6. The molecule has 0 saturated heterocycles. The van der Waals surface area contributed by atoms with Crippen LogP contribution in [0.1, 0.15) is 51.9 Å².